The third kappa shape index (κ3) is 4.42. The lowest BCUT2D eigenvalue weighted by molar-refractivity contribution is 0.313. The summed E-state index contributed by atoms with van der Waals surface area (Å²) in [6.07, 6.45) is 0.674. The van der Waals surface area contributed by atoms with Crippen LogP contribution in [-0.2, 0) is 0 Å². The molecule has 6 heteroatoms. The molecule has 0 aliphatic heterocycles. The van der Waals surface area contributed by atoms with Gasteiger partial charge in [-0.15, -0.1) is 0 Å². The van der Waals surface area contributed by atoms with Crippen LogP contribution in [0.4, 0.5) is 0 Å². The Morgan fingerprint density at radius 3 is 3.07 bits per heavy atom. The first-order chi connectivity index (χ1) is 7.24. The van der Waals surface area contributed by atoms with Crippen LogP contribution < -0.4 is 4.74 Å². The van der Waals surface area contributed by atoms with E-state index in [9.17, 15) is 0 Å². The molecule has 0 bridgehead atoms. The Kier molecular flexibility index (Phi) is 5.32. The largest absolute Gasteiger partial charge is 0.492 e. The average Bonchev–Trinajstić information content (AvgIpc) is 2.23. The number of azide groups is 1. The van der Waals surface area contributed by atoms with Gasteiger partial charge in [-0.1, -0.05) is 32.6 Å². The van der Waals surface area contributed by atoms with E-state index in [2.05, 4.69) is 26.0 Å². The molecule has 0 spiro atoms. The van der Waals surface area contributed by atoms with Crippen LogP contribution in [0.3, 0.4) is 0 Å². The van der Waals surface area contributed by atoms with Crippen molar-refractivity contribution < 1.29 is 4.74 Å². The first-order valence-corrected chi connectivity index (χ1v) is 5.50. The third-order valence-corrected chi connectivity index (χ3v) is 2.42. The smallest absolute Gasteiger partial charge is 0.139 e. The predicted molar refractivity (Wildman–Crippen MR) is 63.3 cm³/mol. The molecule has 0 N–H and O–H groups in total. The Morgan fingerprint density at radius 1 is 1.53 bits per heavy atom. The zero-order chi connectivity index (χ0) is 11.1. The van der Waals surface area contributed by atoms with Gasteiger partial charge in [0.25, 0.3) is 0 Å². The zero-order valence-electron chi connectivity index (χ0n) is 7.86. The summed E-state index contributed by atoms with van der Waals surface area (Å²) in [5.41, 5.74) is 8.05. The summed E-state index contributed by atoms with van der Waals surface area (Å²) in [6, 6.07) is 5.40. The number of hydrogen-bond acceptors (Lipinski definition) is 2. The average molecular weight is 291 g/mol. The Labute approximate surface area is 101 Å². The zero-order valence-corrected chi connectivity index (χ0v) is 10.2. The second-order valence-corrected chi connectivity index (χ2v) is 4.05. The molecule has 15 heavy (non-hydrogen) atoms. The first-order valence-electron chi connectivity index (χ1n) is 4.33. The molecule has 0 unspecified atom stereocenters. The van der Waals surface area contributed by atoms with Gasteiger partial charge in [0.05, 0.1) is 11.6 Å². The van der Waals surface area contributed by atoms with E-state index in [-0.39, 0.29) is 0 Å². The minimum Gasteiger partial charge on any atom is -0.492 e. The molecule has 1 aromatic rings. The molecule has 0 aliphatic rings. The van der Waals surface area contributed by atoms with E-state index < -0.39 is 0 Å². The first kappa shape index (κ1) is 12.2. The SMILES string of the molecule is [N-]=[N+]=NCCCOc1cc(Br)ccc1Cl. The van der Waals surface area contributed by atoms with Crippen molar-refractivity contribution in [1.29, 1.82) is 0 Å². The van der Waals surface area contributed by atoms with Crippen LogP contribution in [0.5, 0.6) is 5.75 Å². The lowest BCUT2D eigenvalue weighted by atomic mass is 10.3. The van der Waals surface area contributed by atoms with Crippen molar-refractivity contribution in [2.24, 2.45) is 5.11 Å². The second-order valence-electron chi connectivity index (χ2n) is 2.73. The maximum Gasteiger partial charge on any atom is 0.139 e. The number of benzene rings is 1. The fourth-order valence-corrected chi connectivity index (χ4v) is 1.46. The van der Waals surface area contributed by atoms with Crippen LogP contribution in [0, 0.1) is 0 Å². The topological polar surface area (TPSA) is 58.0 Å². The summed E-state index contributed by atoms with van der Waals surface area (Å²) < 4.78 is 6.33. The van der Waals surface area contributed by atoms with Crippen molar-refractivity contribution in [2.75, 3.05) is 13.2 Å². The molecule has 0 fully saturated rings. The number of nitrogens with zero attached hydrogens (tertiary/aromatic N) is 3. The fraction of sp³-hybridized carbons (Fsp3) is 0.333. The Bertz CT molecular complexity index is 380. The third-order valence-electron chi connectivity index (χ3n) is 1.62. The highest BCUT2D eigenvalue weighted by Crippen LogP contribution is 2.27. The summed E-state index contributed by atoms with van der Waals surface area (Å²) in [5.74, 6) is 0.631. The summed E-state index contributed by atoms with van der Waals surface area (Å²) in [4.78, 5) is 2.65. The molecule has 0 aromatic heterocycles. The molecule has 80 valence electrons. The summed E-state index contributed by atoms with van der Waals surface area (Å²) >= 11 is 9.23. The van der Waals surface area contributed by atoms with Crippen molar-refractivity contribution in [3.63, 3.8) is 0 Å². The van der Waals surface area contributed by atoms with Crippen LogP contribution in [-0.4, -0.2) is 13.2 Å². The highest BCUT2D eigenvalue weighted by atomic mass is 79.9. The van der Waals surface area contributed by atoms with E-state index in [1.807, 2.05) is 6.07 Å². The minimum absolute atomic E-state index is 0.433. The van der Waals surface area contributed by atoms with Crippen LogP contribution in [0.25, 0.3) is 10.4 Å². The van der Waals surface area contributed by atoms with Crippen molar-refractivity contribution in [3.8, 4) is 5.75 Å². The van der Waals surface area contributed by atoms with E-state index in [0.29, 0.717) is 30.3 Å². The molecular weight excluding hydrogens is 281 g/mol. The van der Waals surface area contributed by atoms with Crippen LogP contribution >= 0.6 is 27.5 Å². The van der Waals surface area contributed by atoms with Gasteiger partial charge in [0.1, 0.15) is 5.75 Å². The normalized spacial score (nSPS) is 9.47. The predicted octanol–water partition coefficient (Wildman–Crippen LogP) is 4.18. The summed E-state index contributed by atoms with van der Waals surface area (Å²) in [5, 5.41) is 3.97. The number of halogens is 2. The highest BCUT2D eigenvalue weighted by Gasteiger charge is 2.01. The Balaban J connectivity index is 2.43. The van der Waals surface area contributed by atoms with Gasteiger partial charge in [-0.25, -0.2) is 0 Å². The molecule has 1 rings (SSSR count). The summed E-state index contributed by atoms with van der Waals surface area (Å²) in [7, 11) is 0. The van der Waals surface area contributed by atoms with E-state index in [0.717, 1.165) is 4.47 Å². The fourth-order valence-electron chi connectivity index (χ4n) is 0.950. The van der Waals surface area contributed by atoms with Crippen molar-refractivity contribution in [3.05, 3.63) is 38.1 Å². The molecule has 4 nitrogen and oxygen atoms in total. The van der Waals surface area contributed by atoms with Gasteiger partial charge in [-0.05, 0) is 30.2 Å². The van der Waals surface area contributed by atoms with Crippen molar-refractivity contribution >= 4 is 27.5 Å². The molecule has 0 saturated carbocycles. The van der Waals surface area contributed by atoms with E-state index >= 15 is 0 Å². The molecule has 0 heterocycles. The maximum absolute atomic E-state index is 8.05. The molecule has 0 amide bonds. The van der Waals surface area contributed by atoms with E-state index in [1.165, 1.54) is 0 Å². The van der Waals surface area contributed by atoms with Gasteiger partial charge >= 0.3 is 0 Å². The number of rotatable bonds is 5. The summed E-state index contributed by atoms with van der Waals surface area (Å²) in [6.45, 7) is 0.914. The van der Waals surface area contributed by atoms with Gasteiger partial charge in [0, 0.05) is 15.9 Å². The van der Waals surface area contributed by atoms with Gasteiger partial charge in [-0.2, -0.15) is 0 Å². The Hall–Kier alpha value is -0.900. The van der Waals surface area contributed by atoms with Crippen LogP contribution in [0.1, 0.15) is 6.42 Å². The Morgan fingerprint density at radius 2 is 2.33 bits per heavy atom. The van der Waals surface area contributed by atoms with Gasteiger partial charge in [0.2, 0.25) is 0 Å². The minimum atomic E-state index is 0.433. The van der Waals surface area contributed by atoms with E-state index in [4.69, 9.17) is 21.9 Å². The molecule has 1 aromatic carbocycles. The van der Waals surface area contributed by atoms with Gasteiger partial charge in [0.15, 0.2) is 0 Å². The van der Waals surface area contributed by atoms with Gasteiger partial charge < -0.3 is 4.74 Å². The monoisotopic (exact) mass is 289 g/mol. The molecule has 0 aliphatic carbocycles. The van der Waals surface area contributed by atoms with Crippen LogP contribution in [0.15, 0.2) is 27.8 Å². The molecule has 0 saturated heterocycles. The molecular formula is C9H9BrClN3O. The van der Waals surface area contributed by atoms with E-state index in [1.54, 1.807) is 12.1 Å². The van der Waals surface area contributed by atoms with Crippen molar-refractivity contribution in [1.82, 2.24) is 0 Å². The van der Waals surface area contributed by atoms with Crippen LogP contribution in [0.2, 0.25) is 5.02 Å². The molecule has 0 atom stereocenters. The standard InChI is InChI=1S/C9H9BrClN3O/c10-7-2-3-8(11)9(6-7)15-5-1-4-13-14-12/h2-3,6H,1,4-5H2. The maximum atomic E-state index is 8.05. The molecule has 0 radical (unpaired) electrons. The quantitative estimate of drug-likeness (QED) is 0.347. The highest BCUT2D eigenvalue weighted by molar-refractivity contribution is 9.10. The number of ether oxygens (including phenoxy) is 1. The second kappa shape index (κ2) is 6.56. The lowest BCUT2D eigenvalue weighted by Gasteiger charge is -2.07. The van der Waals surface area contributed by atoms with Gasteiger partial charge in [-0.3, -0.25) is 0 Å². The lowest BCUT2D eigenvalue weighted by Crippen LogP contribution is -1.99. The van der Waals surface area contributed by atoms with Crippen molar-refractivity contribution in [2.45, 2.75) is 6.42 Å². The number of hydrogen-bond donors (Lipinski definition) is 0.